The Morgan fingerprint density at radius 1 is 0.893 bits per heavy atom. The summed E-state index contributed by atoms with van der Waals surface area (Å²) in [4.78, 5) is 0. The van der Waals surface area contributed by atoms with Crippen LogP contribution in [0.25, 0.3) is 0 Å². The minimum Gasteiger partial charge on any atom is -0.396 e. The molecule has 28 heavy (non-hydrogen) atoms. The fourth-order valence-electron chi connectivity index (χ4n) is 5.27. The summed E-state index contributed by atoms with van der Waals surface area (Å²) in [6.07, 6.45) is 12.7. The number of ether oxygens (including phenoxy) is 1. The Morgan fingerprint density at radius 2 is 1.57 bits per heavy atom. The molecule has 4 atom stereocenters. The molecule has 0 aromatic rings. The molecule has 0 spiro atoms. The van der Waals surface area contributed by atoms with Crippen LogP contribution in [0.4, 0.5) is 0 Å². The van der Waals surface area contributed by atoms with Gasteiger partial charge in [0.25, 0.3) is 0 Å². The number of aliphatic hydroxyl groups is 3. The molecule has 1 saturated carbocycles. The molecule has 3 N–H and O–H groups in total. The number of rotatable bonds is 15. The lowest BCUT2D eigenvalue weighted by Gasteiger charge is -2.38. The molecule has 1 fully saturated rings. The largest absolute Gasteiger partial charge is 0.396 e. The third kappa shape index (κ3) is 9.11. The summed E-state index contributed by atoms with van der Waals surface area (Å²) in [6, 6.07) is 0. The highest BCUT2D eigenvalue weighted by Crippen LogP contribution is 2.41. The second-order valence-corrected chi connectivity index (χ2v) is 9.81. The third-order valence-corrected chi connectivity index (χ3v) is 7.11. The molecular weight excluding hydrogens is 352 g/mol. The quantitative estimate of drug-likeness (QED) is 0.327. The predicted molar refractivity (Wildman–Crippen MR) is 116 cm³/mol. The first-order chi connectivity index (χ1) is 13.3. The van der Waals surface area contributed by atoms with E-state index in [0.717, 1.165) is 32.1 Å². The van der Waals surface area contributed by atoms with E-state index >= 15 is 0 Å². The Balaban J connectivity index is 2.42. The van der Waals surface area contributed by atoms with Crippen LogP contribution in [0.15, 0.2) is 0 Å². The Hall–Kier alpha value is -0.160. The molecule has 1 aliphatic rings. The zero-order valence-corrected chi connectivity index (χ0v) is 19.1. The van der Waals surface area contributed by atoms with E-state index in [2.05, 4.69) is 13.8 Å². The van der Waals surface area contributed by atoms with Crippen molar-refractivity contribution in [2.75, 3.05) is 19.8 Å². The van der Waals surface area contributed by atoms with Crippen LogP contribution in [0.2, 0.25) is 0 Å². The van der Waals surface area contributed by atoms with Gasteiger partial charge >= 0.3 is 0 Å². The van der Waals surface area contributed by atoms with E-state index in [1.165, 1.54) is 32.1 Å². The highest BCUT2D eigenvalue weighted by molar-refractivity contribution is 4.83. The highest BCUT2D eigenvalue weighted by atomic mass is 16.6. The average molecular weight is 401 g/mol. The smallest absolute Gasteiger partial charge is 0.165 e. The van der Waals surface area contributed by atoms with Gasteiger partial charge in [-0.15, -0.1) is 0 Å². The lowest BCUT2D eigenvalue weighted by molar-refractivity contribution is -0.207. The van der Waals surface area contributed by atoms with E-state index in [-0.39, 0.29) is 12.0 Å². The van der Waals surface area contributed by atoms with Crippen LogP contribution in [0, 0.1) is 23.2 Å². The molecule has 4 nitrogen and oxygen atoms in total. The fourth-order valence-corrected chi connectivity index (χ4v) is 5.27. The zero-order chi connectivity index (χ0) is 21.0. The lowest BCUT2D eigenvalue weighted by atomic mass is 9.68. The Bertz CT molecular complexity index is 398. The minimum absolute atomic E-state index is 0.264. The molecule has 168 valence electrons. The molecule has 1 aliphatic carbocycles. The van der Waals surface area contributed by atoms with Crippen molar-refractivity contribution >= 4 is 0 Å². The summed E-state index contributed by atoms with van der Waals surface area (Å²) in [5.41, 5.74) is 0.284. The second-order valence-electron chi connectivity index (χ2n) is 9.81. The summed E-state index contributed by atoms with van der Waals surface area (Å²) >= 11 is 0. The van der Waals surface area contributed by atoms with E-state index in [0.29, 0.717) is 43.8 Å². The van der Waals surface area contributed by atoms with E-state index in [1.54, 1.807) is 0 Å². The number of hydrogen-bond acceptors (Lipinski definition) is 4. The lowest BCUT2D eigenvalue weighted by Crippen LogP contribution is -2.32. The van der Waals surface area contributed by atoms with Crippen molar-refractivity contribution in [2.45, 2.75) is 111 Å². The van der Waals surface area contributed by atoms with Crippen LogP contribution in [-0.4, -0.2) is 40.9 Å². The molecule has 0 saturated heterocycles. The molecule has 0 bridgehead atoms. The van der Waals surface area contributed by atoms with Crippen molar-refractivity contribution in [3.05, 3.63) is 0 Å². The molecule has 0 aliphatic heterocycles. The van der Waals surface area contributed by atoms with Gasteiger partial charge in [0.2, 0.25) is 0 Å². The topological polar surface area (TPSA) is 69.9 Å². The monoisotopic (exact) mass is 400 g/mol. The van der Waals surface area contributed by atoms with Gasteiger partial charge in [-0.1, -0.05) is 46.5 Å². The van der Waals surface area contributed by atoms with Crippen molar-refractivity contribution in [1.29, 1.82) is 0 Å². The molecule has 0 amide bonds. The van der Waals surface area contributed by atoms with Crippen LogP contribution in [0.3, 0.4) is 0 Å². The van der Waals surface area contributed by atoms with E-state index in [9.17, 15) is 15.3 Å². The van der Waals surface area contributed by atoms with Gasteiger partial charge in [0.05, 0.1) is 0 Å². The Kier molecular flexibility index (Phi) is 12.2. The van der Waals surface area contributed by atoms with Crippen molar-refractivity contribution in [1.82, 2.24) is 0 Å². The maximum absolute atomic E-state index is 10.5. The van der Waals surface area contributed by atoms with Crippen molar-refractivity contribution in [3.63, 3.8) is 0 Å². The third-order valence-electron chi connectivity index (χ3n) is 7.11. The Labute approximate surface area is 174 Å². The zero-order valence-electron chi connectivity index (χ0n) is 19.1. The van der Waals surface area contributed by atoms with Gasteiger partial charge in [0.15, 0.2) is 5.79 Å². The standard InChI is InChI=1S/C24H48O4/c1-5-24(27,28-6-2)17-10-16-23(3,4)15-8-13-20-11-7-12-21(19-26)22(20)14-9-18-25/h20-22,25-27H,5-19H2,1-4H3. The summed E-state index contributed by atoms with van der Waals surface area (Å²) < 4.78 is 5.54. The summed E-state index contributed by atoms with van der Waals surface area (Å²) in [5, 5.41) is 29.4. The van der Waals surface area contributed by atoms with Crippen LogP contribution in [-0.2, 0) is 4.74 Å². The van der Waals surface area contributed by atoms with Crippen LogP contribution < -0.4 is 0 Å². The van der Waals surface area contributed by atoms with E-state index in [1.807, 2.05) is 13.8 Å². The highest BCUT2D eigenvalue weighted by Gasteiger charge is 2.32. The first-order valence-electron chi connectivity index (χ1n) is 11.9. The molecule has 4 heteroatoms. The van der Waals surface area contributed by atoms with E-state index in [4.69, 9.17) is 4.74 Å². The van der Waals surface area contributed by atoms with E-state index < -0.39 is 5.79 Å². The van der Waals surface area contributed by atoms with Crippen LogP contribution in [0.5, 0.6) is 0 Å². The van der Waals surface area contributed by atoms with Gasteiger partial charge in [0.1, 0.15) is 0 Å². The van der Waals surface area contributed by atoms with Crippen molar-refractivity contribution in [2.24, 2.45) is 23.2 Å². The molecule has 0 radical (unpaired) electrons. The SMILES string of the molecule is CCOC(O)(CC)CCCC(C)(C)CCCC1CCCC(CO)C1CCCO. The second kappa shape index (κ2) is 13.2. The van der Waals surface area contributed by atoms with Gasteiger partial charge in [-0.25, -0.2) is 0 Å². The Morgan fingerprint density at radius 3 is 2.18 bits per heavy atom. The fraction of sp³-hybridized carbons (Fsp3) is 1.00. The maximum Gasteiger partial charge on any atom is 0.165 e. The molecule has 0 aromatic carbocycles. The average Bonchev–Trinajstić information content (AvgIpc) is 2.66. The molecular formula is C24H48O4. The predicted octanol–water partition coefficient (Wildman–Crippen LogP) is 5.29. The first-order valence-corrected chi connectivity index (χ1v) is 11.9. The number of hydrogen-bond donors (Lipinski definition) is 3. The number of aliphatic hydroxyl groups excluding tert-OH is 2. The van der Waals surface area contributed by atoms with Crippen LogP contribution >= 0.6 is 0 Å². The molecule has 4 unspecified atom stereocenters. The summed E-state index contributed by atoms with van der Waals surface area (Å²) in [6.45, 7) is 9.74. The van der Waals surface area contributed by atoms with Crippen molar-refractivity contribution in [3.8, 4) is 0 Å². The maximum atomic E-state index is 10.5. The van der Waals surface area contributed by atoms with Gasteiger partial charge in [-0.05, 0) is 75.0 Å². The summed E-state index contributed by atoms with van der Waals surface area (Å²) in [7, 11) is 0. The molecule has 1 rings (SSSR count). The normalized spacial score (nSPS) is 25.6. The van der Waals surface area contributed by atoms with Gasteiger partial charge < -0.3 is 20.1 Å². The summed E-state index contributed by atoms with van der Waals surface area (Å²) in [5.74, 6) is 0.770. The van der Waals surface area contributed by atoms with Gasteiger partial charge in [-0.3, -0.25) is 0 Å². The van der Waals surface area contributed by atoms with Gasteiger partial charge in [0, 0.05) is 26.2 Å². The first kappa shape index (κ1) is 25.9. The minimum atomic E-state index is -0.952. The molecule has 0 heterocycles. The molecule has 0 aromatic heterocycles. The van der Waals surface area contributed by atoms with Gasteiger partial charge in [-0.2, -0.15) is 0 Å². The van der Waals surface area contributed by atoms with Crippen molar-refractivity contribution < 1.29 is 20.1 Å². The van der Waals surface area contributed by atoms with Crippen LogP contribution in [0.1, 0.15) is 105 Å².